The number of rotatable bonds is 13. The third-order valence-corrected chi connectivity index (χ3v) is 10.3. The first-order valence-electron chi connectivity index (χ1n) is 15.0. The average molecular weight is 593 g/mol. The highest BCUT2D eigenvalue weighted by Gasteiger charge is 2.24. The Kier molecular flexibility index (Phi) is 9.31. The summed E-state index contributed by atoms with van der Waals surface area (Å²) in [5, 5.41) is 0. The summed E-state index contributed by atoms with van der Waals surface area (Å²) in [7, 11) is 0. The van der Waals surface area contributed by atoms with Crippen molar-refractivity contribution in [2.75, 3.05) is 22.9 Å². The van der Waals surface area contributed by atoms with E-state index in [-0.39, 0.29) is 0 Å². The summed E-state index contributed by atoms with van der Waals surface area (Å²) in [5.41, 5.74) is 6.44. The van der Waals surface area contributed by atoms with Crippen molar-refractivity contribution < 1.29 is 9.59 Å². The molecule has 42 heavy (non-hydrogen) atoms. The Morgan fingerprint density at radius 3 is 1.26 bits per heavy atom. The zero-order valence-corrected chi connectivity index (χ0v) is 25.5. The second kappa shape index (κ2) is 13.7. The summed E-state index contributed by atoms with van der Waals surface area (Å²) in [4.78, 5) is 32.4. The zero-order chi connectivity index (χ0) is 28.7. The van der Waals surface area contributed by atoms with Gasteiger partial charge in [0.2, 0.25) is 0 Å². The first kappa shape index (κ1) is 28.6. The summed E-state index contributed by atoms with van der Waals surface area (Å²) in [6.07, 6.45) is 11.7. The second-order valence-electron chi connectivity index (χ2n) is 11.0. The van der Waals surface area contributed by atoms with Gasteiger partial charge in [0.15, 0.2) is 0 Å². The molecule has 2 heterocycles. The normalized spacial score (nSPS) is 13.1. The van der Waals surface area contributed by atoms with Crippen LogP contribution < -0.4 is 9.80 Å². The molecule has 0 N–H and O–H groups in total. The molecule has 0 amide bonds. The lowest BCUT2D eigenvalue weighted by molar-refractivity contribution is 0.111. The molecule has 2 aliphatic rings. The molecule has 4 nitrogen and oxygen atoms in total. The predicted octanol–water partition coefficient (Wildman–Crippen LogP) is 10.3. The number of para-hydroxylation sites is 2. The van der Waals surface area contributed by atoms with Gasteiger partial charge < -0.3 is 9.80 Å². The van der Waals surface area contributed by atoms with E-state index in [1.807, 2.05) is 24.3 Å². The van der Waals surface area contributed by atoms with Crippen LogP contribution in [0, 0.1) is 0 Å². The van der Waals surface area contributed by atoms with E-state index in [0.717, 1.165) is 49.6 Å². The van der Waals surface area contributed by atoms with E-state index >= 15 is 0 Å². The van der Waals surface area contributed by atoms with Gasteiger partial charge in [0.05, 0.1) is 22.7 Å². The number of carbonyl (C=O) groups is 2. The van der Waals surface area contributed by atoms with Crippen LogP contribution in [0.2, 0.25) is 0 Å². The Morgan fingerprint density at radius 1 is 0.452 bits per heavy atom. The molecule has 0 radical (unpaired) electrons. The Bertz CT molecular complexity index is 1450. The molecule has 0 aliphatic carbocycles. The third kappa shape index (κ3) is 6.30. The Morgan fingerprint density at radius 2 is 0.833 bits per heavy atom. The minimum Gasteiger partial charge on any atom is -0.340 e. The minimum atomic E-state index is 0.735. The van der Waals surface area contributed by atoms with E-state index < -0.39 is 0 Å². The van der Waals surface area contributed by atoms with Crippen LogP contribution in [-0.4, -0.2) is 25.7 Å². The van der Waals surface area contributed by atoms with E-state index in [2.05, 4.69) is 70.5 Å². The maximum Gasteiger partial charge on any atom is 0.150 e. The van der Waals surface area contributed by atoms with Gasteiger partial charge in [-0.05, 0) is 73.5 Å². The van der Waals surface area contributed by atoms with Gasteiger partial charge in [-0.1, -0.05) is 86.3 Å². The van der Waals surface area contributed by atoms with E-state index in [1.165, 1.54) is 80.9 Å². The number of anilines is 4. The molecular formula is C36H36N2O2S2. The molecule has 6 heteroatoms. The maximum absolute atomic E-state index is 11.3. The third-order valence-electron chi connectivity index (χ3n) is 8.09. The molecule has 4 aromatic rings. The van der Waals surface area contributed by atoms with Gasteiger partial charge in [-0.3, -0.25) is 9.59 Å². The smallest absolute Gasteiger partial charge is 0.150 e. The van der Waals surface area contributed by atoms with Crippen LogP contribution in [0.25, 0.3) is 0 Å². The number of fused-ring (bicyclic) bond motifs is 4. The van der Waals surface area contributed by atoms with Gasteiger partial charge in [-0.15, -0.1) is 0 Å². The van der Waals surface area contributed by atoms with Crippen molar-refractivity contribution in [3.8, 4) is 0 Å². The Labute approximate surface area is 257 Å². The van der Waals surface area contributed by atoms with Crippen molar-refractivity contribution >= 4 is 58.8 Å². The molecule has 0 aromatic heterocycles. The number of aldehydes is 2. The quantitative estimate of drug-likeness (QED) is 0.114. The molecule has 6 rings (SSSR count). The molecule has 0 bridgehead atoms. The van der Waals surface area contributed by atoms with Gasteiger partial charge in [-0.25, -0.2) is 0 Å². The summed E-state index contributed by atoms with van der Waals surface area (Å²) in [6.45, 7) is 1.99. The van der Waals surface area contributed by atoms with E-state index in [0.29, 0.717) is 0 Å². The van der Waals surface area contributed by atoms with Crippen LogP contribution in [0.5, 0.6) is 0 Å². The van der Waals surface area contributed by atoms with E-state index in [4.69, 9.17) is 0 Å². The van der Waals surface area contributed by atoms with Crippen LogP contribution in [0.1, 0.15) is 72.1 Å². The highest BCUT2D eigenvalue weighted by Crippen LogP contribution is 2.49. The molecule has 0 fully saturated rings. The standard InChI is InChI=1S/C36H36N2O2S2/c39-25-27-17-19-31-35(23-27)41-33-15-9-7-13-29(33)37(31)21-11-5-3-1-2-4-6-12-22-38-30-14-8-10-16-34(30)42-36-24-28(26-40)18-20-32(36)38/h7-10,13-20,23-26H,1-6,11-12,21-22H2. The molecule has 0 unspecified atom stereocenters. The van der Waals surface area contributed by atoms with Crippen LogP contribution in [0.15, 0.2) is 105 Å². The van der Waals surface area contributed by atoms with Gasteiger partial charge in [-0.2, -0.15) is 0 Å². The molecule has 214 valence electrons. The number of carbonyl (C=O) groups excluding carboxylic acids is 2. The van der Waals surface area contributed by atoms with E-state index in [9.17, 15) is 9.59 Å². The molecular weight excluding hydrogens is 557 g/mol. The van der Waals surface area contributed by atoms with E-state index in [1.54, 1.807) is 23.5 Å². The summed E-state index contributed by atoms with van der Waals surface area (Å²) >= 11 is 3.52. The number of nitrogens with zero attached hydrogens (tertiary/aromatic N) is 2. The Balaban J connectivity index is 0.940. The highest BCUT2D eigenvalue weighted by atomic mass is 32.2. The number of unbranched alkanes of at least 4 members (excludes halogenated alkanes) is 7. The lowest BCUT2D eigenvalue weighted by Crippen LogP contribution is -2.22. The molecule has 0 saturated heterocycles. The number of hydrogen-bond acceptors (Lipinski definition) is 6. The zero-order valence-electron chi connectivity index (χ0n) is 23.8. The average Bonchev–Trinajstić information content (AvgIpc) is 3.04. The lowest BCUT2D eigenvalue weighted by Gasteiger charge is -2.33. The lowest BCUT2D eigenvalue weighted by atomic mass is 10.1. The number of benzene rings is 4. The van der Waals surface area contributed by atoms with Crippen molar-refractivity contribution in [3.05, 3.63) is 96.1 Å². The highest BCUT2D eigenvalue weighted by molar-refractivity contribution is 8.00. The monoisotopic (exact) mass is 592 g/mol. The first-order chi connectivity index (χ1) is 20.7. The van der Waals surface area contributed by atoms with Crippen LogP contribution >= 0.6 is 23.5 Å². The fourth-order valence-corrected chi connectivity index (χ4v) is 8.22. The van der Waals surface area contributed by atoms with Crippen LogP contribution in [-0.2, 0) is 0 Å². The summed E-state index contributed by atoms with van der Waals surface area (Å²) < 4.78 is 0. The van der Waals surface area contributed by atoms with Crippen molar-refractivity contribution in [2.45, 2.75) is 70.9 Å². The van der Waals surface area contributed by atoms with Crippen molar-refractivity contribution in [3.63, 3.8) is 0 Å². The number of hydrogen-bond donors (Lipinski definition) is 0. The molecule has 2 aliphatic heterocycles. The maximum atomic E-state index is 11.3. The summed E-state index contributed by atoms with van der Waals surface area (Å²) in [5.74, 6) is 0. The molecule has 0 atom stereocenters. The van der Waals surface area contributed by atoms with Crippen LogP contribution in [0.4, 0.5) is 22.7 Å². The van der Waals surface area contributed by atoms with Gasteiger partial charge in [0, 0.05) is 43.8 Å². The van der Waals surface area contributed by atoms with Crippen molar-refractivity contribution in [1.29, 1.82) is 0 Å². The van der Waals surface area contributed by atoms with Crippen molar-refractivity contribution in [1.82, 2.24) is 0 Å². The first-order valence-corrected chi connectivity index (χ1v) is 16.7. The fraction of sp³-hybridized carbons (Fsp3) is 0.278. The van der Waals surface area contributed by atoms with Gasteiger partial charge in [0.25, 0.3) is 0 Å². The molecule has 0 spiro atoms. The summed E-state index contributed by atoms with van der Waals surface area (Å²) in [6, 6.07) is 29.3. The largest absolute Gasteiger partial charge is 0.340 e. The SMILES string of the molecule is O=Cc1ccc2c(c1)Sc1ccccc1N2CCCCCCCCCCN1c2ccccc2Sc2cc(C=O)ccc21. The molecule has 0 saturated carbocycles. The van der Waals surface area contributed by atoms with Gasteiger partial charge >= 0.3 is 0 Å². The fourth-order valence-electron chi connectivity index (χ4n) is 5.93. The Hall–Kier alpha value is -3.48. The van der Waals surface area contributed by atoms with Crippen LogP contribution in [0.3, 0.4) is 0 Å². The second-order valence-corrected chi connectivity index (χ2v) is 13.1. The van der Waals surface area contributed by atoms with Gasteiger partial charge in [0.1, 0.15) is 12.6 Å². The molecule has 4 aromatic carbocycles. The van der Waals surface area contributed by atoms with Crippen molar-refractivity contribution in [2.24, 2.45) is 0 Å². The predicted molar refractivity (Wildman–Crippen MR) is 176 cm³/mol. The minimum absolute atomic E-state index is 0.735. The topological polar surface area (TPSA) is 40.6 Å².